The van der Waals surface area contributed by atoms with E-state index in [1.165, 1.54) is 18.5 Å². The zero-order valence-corrected chi connectivity index (χ0v) is 13.1. The number of carbonyl (C=O) groups is 1. The summed E-state index contributed by atoms with van der Waals surface area (Å²) in [5, 5.41) is 13.6. The van der Waals surface area contributed by atoms with Crippen LogP contribution in [-0.2, 0) is 9.63 Å². The molecule has 2 aromatic rings. The summed E-state index contributed by atoms with van der Waals surface area (Å²) in [6.45, 7) is 4.40. The monoisotopic (exact) mass is 319 g/mol. The minimum Gasteiger partial charge on any atom is -0.407 e. The first-order valence-electron chi connectivity index (χ1n) is 6.91. The normalized spacial score (nSPS) is 11.1. The summed E-state index contributed by atoms with van der Waals surface area (Å²) in [4.78, 5) is 26.8. The van der Waals surface area contributed by atoms with E-state index in [1.54, 1.807) is 13.0 Å². The molecule has 1 aromatic heterocycles. The Morgan fingerprint density at radius 1 is 1.35 bits per heavy atom. The van der Waals surface area contributed by atoms with Crippen molar-refractivity contribution in [3.8, 4) is 11.6 Å². The van der Waals surface area contributed by atoms with Crippen molar-refractivity contribution in [2.45, 2.75) is 20.8 Å². The van der Waals surface area contributed by atoms with E-state index in [1.807, 2.05) is 30.3 Å². The highest BCUT2D eigenvalue weighted by Crippen LogP contribution is 2.24. The third-order valence-corrected chi connectivity index (χ3v) is 3.08. The van der Waals surface area contributed by atoms with Crippen LogP contribution in [-0.4, -0.2) is 27.4 Å². The zero-order valence-electron chi connectivity index (χ0n) is 13.1. The van der Waals surface area contributed by atoms with Gasteiger partial charge in [-0.1, -0.05) is 18.2 Å². The second-order valence-corrected chi connectivity index (χ2v) is 5.64. The molecule has 122 valence electrons. The van der Waals surface area contributed by atoms with Crippen molar-refractivity contribution in [2.75, 3.05) is 6.61 Å². The average Bonchev–Trinajstić information content (AvgIpc) is 2.87. The zero-order chi connectivity index (χ0) is 17.0. The molecule has 0 spiro atoms. The second kappa shape index (κ2) is 6.47. The van der Waals surface area contributed by atoms with Gasteiger partial charge < -0.3 is 9.57 Å². The summed E-state index contributed by atoms with van der Waals surface area (Å²) in [6.07, 6.45) is 0. The SMILES string of the molecule is Cc1cc(OC(=O)C(C)(C)CO[N+](=O)[O-])n(-c2ccccc2)n1. The van der Waals surface area contributed by atoms with Gasteiger partial charge in [0, 0.05) is 6.07 Å². The van der Waals surface area contributed by atoms with E-state index in [9.17, 15) is 14.9 Å². The van der Waals surface area contributed by atoms with Crippen LogP contribution in [0.2, 0.25) is 0 Å². The van der Waals surface area contributed by atoms with E-state index in [0.717, 1.165) is 5.69 Å². The lowest BCUT2D eigenvalue weighted by atomic mass is 9.95. The fourth-order valence-corrected chi connectivity index (χ4v) is 1.81. The molecule has 1 aromatic carbocycles. The Morgan fingerprint density at radius 2 is 2.00 bits per heavy atom. The largest absolute Gasteiger partial charge is 0.407 e. The minimum atomic E-state index is -1.17. The molecule has 23 heavy (non-hydrogen) atoms. The van der Waals surface area contributed by atoms with Crippen molar-refractivity contribution in [1.29, 1.82) is 0 Å². The Balaban J connectivity index is 2.20. The van der Waals surface area contributed by atoms with Gasteiger partial charge in [0.05, 0.1) is 16.8 Å². The quantitative estimate of drug-likeness (QED) is 0.460. The second-order valence-electron chi connectivity index (χ2n) is 5.64. The molecule has 0 saturated heterocycles. The smallest absolute Gasteiger partial charge is 0.320 e. The Hall–Kier alpha value is -2.90. The molecule has 0 bridgehead atoms. The van der Waals surface area contributed by atoms with Crippen LogP contribution in [0.25, 0.3) is 5.69 Å². The number of hydrogen-bond acceptors (Lipinski definition) is 6. The third kappa shape index (κ3) is 4.06. The number of nitrogens with zero attached hydrogens (tertiary/aromatic N) is 3. The Kier molecular flexibility index (Phi) is 4.63. The number of hydrogen-bond donors (Lipinski definition) is 0. The van der Waals surface area contributed by atoms with Crippen LogP contribution in [0, 0.1) is 22.5 Å². The van der Waals surface area contributed by atoms with Gasteiger partial charge in [-0.05, 0) is 32.9 Å². The van der Waals surface area contributed by atoms with Crippen molar-refractivity contribution in [3.05, 3.63) is 52.2 Å². The fraction of sp³-hybridized carbons (Fsp3) is 0.333. The number of rotatable bonds is 6. The van der Waals surface area contributed by atoms with Gasteiger partial charge in [0.25, 0.3) is 5.09 Å². The van der Waals surface area contributed by atoms with E-state index in [-0.39, 0.29) is 5.88 Å². The lowest BCUT2D eigenvalue weighted by molar-refractivity contribution is -0.760. The lowest BCUT2D eigenvalue weighted by Crippen LogP contribution is -2.34. The van der Waals surface area contributed by atoms with Crippen molar-refractivity contribution in [2.24, 2.45) is 5.41 Å². The van der Waals surface area contributed by atoms with Gasteiger partial charge in [0.2, 0.25) is 5.88 Å². The molecule has 0 saturated carbocycles. The summed E-state index contributed by atoms with van der Waals surface area (Å²) in [7, 11) is 0. The van der Waals surface area contributed by atoms with Crippen molar-refractivity contribution < 1.29 is 19.5 Å². The van der Waals surface area contributed by atoms with Crippen molar-refractivity contribution in [1.82, 2.24) is 9.78 Å². The summed E-state index contributed by atoms with van der Waals surface area (Å²) < 4.78 is 6.87. The third-order valence-electron chi connectivity index (χ3n) is 3.08. The Bertz CT molecular complexity index is 709. The first-order valence-corrected chi connectivity index (χ1v) is 6.91. The Labute approximate surface area is 132 Å². The van der Waals surface area contributed by atoms with Crippen molar-refractivity contribution in [3.63, 3.8) is 0 Å². The van der Waals surface area contributed by atoms with Crippen LogP contribution < -0.4 is 4.74 Å². The minimum absolute atomic E-state index is 0.243. The van der Waals surface area contributed by atoms with E-state index in [2.05, 4.69) is 9.94 Å². The molecule has 0 aliphatic carbocycles. The highest BCUT2D eigenvalue weighted by atomic mass is 16.9. The van der Waals surface area contributed by atoms with Gasteiger partial charge in [0.1, 0.15) is 6.61 Å². The summed E-state index contributed by atoms with van der Waals surface area (Å²) in [6, 6.07) is 10.8. The average molecular weight is 319 g/mol. The van der Waals surface area contributed by atoms with Crippen LogP contribution in [0.4, 0.5) is 0 Å². The fourth-order valence-electron chi connectivity index (χ4n) is 1.81. The number of benzene rings is 1. The van der Waals surface area contributed by atoms with E-state index in [4.69, 9.17) is 4.74 Å². The van der Waals surface area contributed by atoms with Gasteiger partial charge >= 0.3 is 5.97 Å². The molecule has 8 nitrogen and oxygen atoms in total. The van der Waals surface area contributed by atoms with E-state index < -0.39 is 23.1 Å². The number of para-hydroxylation sites is 1. The number of aromatic nitrogens is 2. The maximum atomic E-state index is 12.3. The van der Waals surface area contributed by atoms with Gasteiger partial charge in [-0.2, -0.15) is 5.10 Å². The van der Waals surface area contributed by atoms with Gasteiger partial charge in [-0.25, -0.2) is 4.68 Å². The standard InChI is InChI=1S/C15H17N3O5/c1-11-9-13(17(16-11)12-7-5-4-6-8-12)23-14(19)15(2,3)10-22-18(20)21/h4-9H,10H2,1-3H3. The lowest BCUT2D eigenvalue weighted by Gasteiger charge is -2.20. The van der Waals surface area contributed by atoms with Crippen molar-refractivity contribution >= 4 is 5.97 Å². The maximum Gasteiger partial charge on any atom is 0.320 e. The van der Waals surface area contributed by atoms with Crippen LogP contribution >= 0.6 is 0 Å². The predicted octanol–water partition coefficient (Wildman–Crippen LogP) is 2.32. The molecule has 0 atom stereocenters. The summed E-state index contributed by atoms with van der Waals surface area (Å²) in [5.74, 6) is -0.399. The van der Waals surface area contributed by atoms with Gasteiger partial charge in [0.15, 0.2) is 0 Å². The highest BCUT2D eigenvalue weighted by Gasteiger charge is 2.32. The number of esters is 1. The molecule has 8 heteroatoms. The first-order chi connectivity index (χ1) is 10.8. The van der Waals surface area contributed by atoms with Gasteiger partial charge in [-0.15, -0.1) is 10.1 Å². The van der Waals surface area contributed by atoms with Crippen LogP contribution in [0.5, 0.6) is 5.88 Å². The first kappa shape index (κ1) is 16.5. The molecule has 2 rings (SSSR count). The molecule has 1 heterocycles. The summed E-state index contributed by atoms with van der Waals surface area (Å²) in [5.41, 5.74) is 0.242. The number of aryl methyl sites for hydroxylation is 1. The molecule has 0 N–H and O–H groups in total. The van der Waals surface area contributed by atoms with Crippen LogP contribution in [0.3, 0.4) is 0 Å². The molecule has 0 aliphatic rings. The highest BCUT2D eigenvalue weighted by molar-refractivity contribution is 5.78. The Morgan fingerprint density at radius 3 is 2.61 bits per heavy atom. The van der Waals surface area contributed by atoms with E-state index in [0.29, 0.717) is 5.69 Å². The molecule has 0 radical (unpaired) electrons. The van der Waals surface area contributed by atoms with Crippen LogP contribution in [0.15, 0.2) is 36.4 Å². The molecule has 0 unspecified atom stereocenters. The molecule has 0 amide bonds. The topological polar surface area (TPSA) is 96.5 Å². The molecular weight excluding hydrogens is 302 g/mol. The predicted molar refractivity (Wildman–Crippen MR) is 80.7 cm³/mol. The van der Waals surface area contributed by atoms with Crippen LogP contribution in [0.1, 0.15) is 19.5 Å². The van der Waals surface area contributed by atoms with Gasteiger partial charge in [-0.3, -0.25) is 4.79 Å². The van der Waals surface area contributed by atoms with E-state index >= 15 is 0 Å². The number of ether oxygens (including phenoxy) is 1. The molecule has 0 aliphatic heterocycles. The number of carbonyl (C=O) groups excluding carboxylic acids is 1. The maximum absolute atomic E-state index is 12.3. The molecular formula is C15H17N3O5. The molecule has 0 fully saturated rings. The summed E-state index contributed by atoms with van der Waals surface area (Å²) >= 11 is 0.